The molecule has 2 aliphatic rings. The van der Waals surface area contributed by atoms with Gasteiger partial charge in [-0.15, -0.1) is 5.53 Å². The molecule has 6 heteroatoms. The number of fused-ring (bicyclic) bond motifs is 1. The van der Waals surface area contributed by atoms with Gasteiger partial charge >= 0.3 is 7.12 Å². The van der Waals surface area contributed by atoms with Crippen LogP contribution in [-0.2, 0) is 9.31 Å². The minimum atomic E-state index is -0.317. The summed E-state index contributed by atoms with van der Waals surface area (Å²) in [6.07, 6.45) is 0. The van der Waals surface area contributed by atoms with Crippen LogP contribution in [0, 0.1) is 0 Å². The Bertz CT molecular complexity index is 503. The van der Waals surface area contributed by atoms with E-state index in [9.17, 15) is 0 Å². The van der Waals surface area contributed by atoms with Crippen molar-refractivity contribution in [2.75, 3.05) is 17.5 Å². The Morgan fingerprint density at radius 3 is 2.37 bits per heavy atom. The zero-order chi connectivity index (χ0) is 13.8. The quantitative estimate of drug-likeness (QED) is 0.745. The topological polar surface area (TPSA) is 45.8 Å². The average Bonchev–Trinajstić information content (AvgIpc) is 2.78. The lowest BCUT2D eigenvalue weighted by Gasteiger charge is -2.32. The molecule has 5 nitrogen and oxygen atoms in total. The van der Waals surface area contributed by atoms with Gasteiger partial charge in [-0.05, 0) is 45.3 Å². The zero-order valence-electron chi connectivity index (χ0n) is 12.1. The van der Waals surface area contributed by atoms with Gasteiger partial charge in [-0.25, -0.2) is 0 Å². The highest BCUT2D eigenvalue weighted by atomic mass is 16.7. The fourth-order valence-corrected chi connectivity index (χ4v) is 2.28. The van der Waals surface area contributed by atoms with Gasteiger partial charge in [0.05, 0.1) is 22.6 Å². The van der Waals surface area contributed by atoms with Crippen molar-refractivity contribution in [3.8, 4) is 0 Å². The summed E-state index contributed by atoms with van der Waals surface area (Å²) in [6, 6.07) is 6.17. The van der Waals surface area contributed by atoms with Crippen LogP contribution in [0.4, 0.5) is 11.4 Å². The van der Waals surface area contributed by atoms with Gasteiger partial charge in [0.2, 0.25) is 0 Å². The van der Waals surface area contributed by atoms with Crippen LogP contribution in [0.1, 0.15) is 27.7 Å². The standard InChI is InChI=1S/C13H20BN3O2/c1-12(2)13(3,4)19-14(18-12)9-6-7-11-10(8-9)15-16-17(11)5/h6-8,15-16H,1-5H3. The first-order valence-electron chi connectivity index (χ1n) is 6.55. The van der Waals surface area contributed by atoms with Crippen molar-refractivity contribution >= 4 is 24.0 Å². The van der Waals surface area contributed by atoms with Crippen molar-refractivity contribution in [3.05, 3.63) is 18.2 Å². The molecule has 2 N–H and O–H groups in total. The third-order valence-electron chi connectivity index (χ3n) is 4.27. The van der Waals surface area contributed by atoms with Gasteiger partial charge in [0.25, 0.3) is 0 Å². The molecule has 0 saturated carbocycles. The lowest BCUT2D eigenvalue weighted by molar-refractivity contribution is 0.00578. The van der Waals surface area contributed by atoms with Crippen molar-refractivity contribution in [2.24, 2.45) is 0 Å². The molecule has 19 heavy (non-hydrogen) atoms. The number of hydrogen-bond donors (Lipinski definition) is 2. The molecule has 0 unspecified atom stereocenters. The Balaban J connectivity index is 1.89. The molecule has 3 rings (SSSR count). The first-order chi connectivity index (χ1) is 8.80. The van der Waals surface area contributed by atoms with Crippen molar-refractivity contribution in [1.29, 1.82) is 0 Å². The number of hydrazine groups is 2. The number of hydrogen-bond acceptors (Lipinski definition) is 5. The predicted octanol–water partition coefficient (Wildman–Crippen LogP) is 1.27. The molecule has 0 aromatic heterocycles. The monoisotopic (exact) mass is 261 g/mol. The summed E-state index contributed by atoms with van der Waals surface area (Å²) in [4.78, 5) is 0. The second kappa shape index (κ2) is 3.88. The first-order valence-corrected chi connectivity index (χ1v) is 6.55. The molecule has 0 spiro atoms. The predicted molar refractivity (Wildman–Crippen MR) is 77.3 cm³/mol. The number of rotatable bonds is 1. The summed E-state index contributed by atoms with van der Waals surface area (Å²) in [5.41, 5.74) is 8.72. The smallest absolute Gasteiger partial charge is 0.399 e. The molecule has 0 aliphatic carbocycles. The average molecular weight is 261 g/mol. The van der Waals surface area contributed by atoms with E-state index < -0.39 is 0 Å². The second-order valence-electron chi connectivity index (χ2n) is 6.16. The molecule has 0 radical (unpaired) electrons. The summed E-state index contributed by atoms with van der Waals surface area (Å²) in [5, 5.41) is 1.93. The molecule has 0 amide bonds. The van der Waals surface area contributed by atoms with E-state index in [4.69, 9.17) is 9.31 Å². The molecule has 0 bridgehead atoms. The summed E-state index contributed by atoms with van der Waals surface area (Å²) < 4.78 is 12.1. The van der Waals surface area contributed by atoms with Gasteiger partial charge in [-0.2, -0.15) is 0 Å². The summed E-state index contributed by atoms with van der Waals surface area (Å²) in [6.45, 7) is 8.25. The van der Waals surface area contributed by atoms with E-state index in [2.05, 4.69) is 50.8 Å². The SMILES string of the molecule is CN1NNc2cc(B3OC(C)(C)C(C)(C)O3)ccc21. The van der Waals surface area contributed by atoms with E-state index >= 15 is 0 Å². The molecule has 0 atom stereocenters. The van der Waals surface area contributed by atoms with Gasteiger partial charge < -0.3 is 14.7 Å². The van der Waals surface area contributed by atoms with E-state index in [1.54, 1.807) is 0 Å². The van der Waals surface area contributed by atoms with Crippen molar-refractivity contribution in [2.45, 2.75) is 38.9 Å². The number of benzene rings is 1. The van der Waals surface area contributed by atoms with Crippen LogP contribution in [0.3, 0.4) is 0 Å². The molecule has 1 fully saturated rings. The van der Waals surface area contributed by atoms with Gasteiger partial charge in [0.15, 0.2) is 0 Å². The maximum Gasteiger partial charge on any atom is 0.494 e. The fraction of sp³-hybridized carbons (Fsp3) is 0.538. The van der Waals surface area contributed by atoms with Crippen LogP contribution >= 0.6 is 0 Å². The molecular weight excluding hydrogens is 241 g/mol. The Labute approximate surface area is 114 Å². The third kappa shape index (κ3) is 1.91. The van der Waals surface area contributed by atoms with E-state index in [0.717, 1.165) is 16.8 Å². The van der Waals surface area contributed by atoms with Crippen LogP contribution in [-0.4, -0.2) is 25.4 Å². The summed E-state index contributed by atoms with van der Waals surface area (Å²) in [7, 11) is 1.65. The Morgan fingerprint density at radius 2 is 1.74 bits per heavy atom. The molecule has 1 aromatic rings. The lowest BCUT2D eigenvalue weighted by Crippen LogP contribution is -2.41. The van der Waals surface area contributed by atoms with Crippen LogP contribution in [0.5, 0.6) is 0 Å². The van der Waals surface area contributed by atoms with E-state index in [0.29, 0.717) is 0 Å². The lowest BCUT2D eigenvalue weighted by atomic mass is 9.79. The minimum Gasteiger partial charge on any atom is -0.399 e. The molecular formula is C13H20BN3O2. The number of nitrogens with one attached hydrogen (secondary N) is 2. The van der Waals surface area contributed by atoms with E-state index in [1.165, 1.54) is 0 Å². The first kappa shape index (κ1) is 12.8. The Hall–Kier alpha value is -1.24. The minimum absolute atomic E-state index is 0.306. The number of nitrogens with zero attached hydrogens (tertiary/aromatic N) is 1. The van der Waals surface area contributed by atoms with Crippen molar-refractivity contribution in [1.82, 2.24) is 5.53 Å². The highest BCUT2D eigenvalue weighted by Crippen LogP contribution is 2.37. The largest absolute Gasteiger partial charge is 0.494 e. The van der Waals surface area contributed by atoms with Crippen molar-refractivity contribution in [3.63, 3.8) is 0 Å². The second-order valence-corrected chi connectivity index (χ2v) is 6.16. The zero-order valence-corrected chi connectivity index (χ0v) is 12.1. The molecule has 2 heterocycles. The number of anilines is 2. The van der Waals surface area contributed by atoms with Gasteiger partial charge in [0, 0.05) is 7.05 Å². The molecule has 102 valence electrons. The molecule has 2 aliphatic heterocycles. The summed E-state index contributed by atoms with van der Waals surface area (Å²) in [5.74, 6) is 0. The molecule has 1 saturated heterocycles. The van der Waals surface area contributed by atoms with Gasteiger partial charge in [0.1, 0.15) is 0 Å². The Morgan fingerprint density at radius 1 is 1.11 bits per heavy atom. The van der Waals surface area contributed by atoms with Gasteiger partial charge in [-0.3, -0.25) is 5.01 Å². The fourth-order valence-electron chi connectivity index (χ4n) is 2.28. The highest BCUT2D eigenvalue weighted by Gasteiger charge is 2.51. The normalized spacial score (nSPS) is 23.4. The van der Waals surface area contributed by atoms with Crippen molar-refractivity contribution < 1.29 is 9.31 Å². The molecule has 1 aromatic carbocycles. The van der Waals surface area contributed by atoms with Crippen LogP contribution in [0.25, 0.3) is 0 Å². The van der Waals surface area contributed by atoms with E-state index in [-0.39, 0.29) is 18.3 Å². The summed E-state index contributed by atoms with van der Waals surface area (Å²) >= 11 is 0. The van der Waals surface area contributed by atoms with Gasteiger partial charge in [-0.1, -0.05) is 6.07 Å². The van der Waals surface area contributed by atoms with E-state index in [1.807, 2.05) is 18.1 Å². The Kier molecular flexibility index (Phi) is 2.61. The van der Waals surface area contributed by atoms with Crippen LogP contribution in [0.2, 0.25) is 0 Å². The highest BCUT2D eigenvalue weighted by molar-refractivity contribution is 6.62. The maximum absolute atomic E-state index is 6.05. The van der Waals surface area contributed by atoms with Crippen LogP contribution < -0.4 is 21.4 Å². The maximum atomic E-state index is 6.05. The van der Waals surface area contributed by atoms with Crippen LogP contribution in [0.15, 0.2) is 18.2 Å². The third-order valence-corrected chi connectivity index (χ3v) is 4.27.